The summed E-state index contributed by atoms with van der Waals surface area (Å²) in [6, 6.07) is 4.84. The highest BCUT2D eigenvalue weighted by Gasteiger charge is 2.49. The molecule has 0 radical (unpaired) electrons. The minimum Gasteiger partial charge on any atom is -0.455 e. The van der Waals surface area contributed by atoms with Gasteiger partial charge in [-0.3, -0.25) is 4.98 Å². The van der Waals surface area contributed by atoms with Gasteiger partial charge in [0.25, 0.3) is 5.92 Å². The maximum Gasteiger partial charge on any atom is 0.281 e. The summed E-state index contributed by atoms with van der Waals surface area (Å²) < 4.78 is 33.4. The number of aliphatic hydroxyl groups excluding tert-OH is 1. The predicted octanol–water partition coefficient (Wildman–Crippen LogP) is 4.47. The zero-order chi connectivity index (χ0) is 15.9. The van der Waals surface area contributed by atoms with Crippen LogP contribution in [0.3, 0.4) is 0 Å². The maximum atomic E-state index is 13.9. The van der Waals surface area contributed by atoms with Crippen LogP contribution in [0.15, 0.2) is 35.5 Å². The second-order valence-corrected chi connectivity index (χ2v) is 6.22. The summed E-state index contributed by atoms with van der Waals surface area (Å²) in [5, 5.41) is 10.3. The molecule has 1 aliphatic carbocycles. The summed E-state index contributed by atoms with van der Waals surface area (Å²) in [5.74, 6) is -2.55. The van der Waals surface area contributed by atoms with Gasteiger partial charge in [-0.2, -0.15) is 0 Å². The van der Waals surface area contributed by atoms with Gasteiger partial charge < -0.3 is 9.84 Å². The molecule has 1 aromatic heterocycles. The third kappa shape index (κ3) is 2.66. The molecule has 3 rings (SSSR count). The Kier molecular flexibility index (Phi) is 4.01. The van der Waals surface area contributed by atoms with Crippen molar-refractivity contribution in [3.63, 3.8) is 0 Å². The molecule has 1 unspecified atom stereocenters. The van der Waals surface area contributed by atoms with E-state index in [-0.39, 0.29) is 11.3 Å². The summed E-state index contributed by atoms with van der Waals surface area (Å²) >= 11 is 7.15. The normalized spacial score (nSPS) is 19.0. The van der Waals surface area contributed by atoms with E-state index in [1.807, 2.05) is 0 Å². The monoisotopic (exact) mass is 343 g/mol. The largest absolute Gasteiger partial charge is 0.455 e. The van der Waals surface area contributed by atoms with Crippen molar-refractivity contribution in [3.05, 3.63) is 46.7 Å². The van der Waals surface area contributed by atoms with Crippen LogP contribution >= 0.6 is 23.4 Å². The lowest BCUT2D eigenvalue weighted by Gasteiger charge is -2.15. The fourth-order valence-electron chi connectivity index (χ4n) is 2.50. The number of aliphatic hydroxyl groups is 1. The molecule has 0 spiro atoms. The van der Waals surface area contributed by atoms with Crippen LogP contribution in [0.5, 0.6) is 11.5 Å². The Balaban J connectivity index is 2.05. The lowest BCUT2D eigenvalue weighted by molar-refractivity contribution is -0.0976. The molecule has 7 heteroatoms. The number of nitrogens with zero attached hydrogens (tertiary/aromatic N) is 1. The number of benzene rings is 1. The van der Waals surface area contributed by atoms with E-state index in [4.69, 9.17) is 16.3 Å². The highest BCUT2D eigenvalue weighted by molar-refractivity contribution is 7.98. The molecule has 1 N–H and O–H groups in total. The molecule has 0 amide bonds. The Morgan fingerprint density at radius 3 is 2.86 bits per heavy atom. The smallest absolute Gasteiger partial charge is 0.281 e. The van der Waals surface area contributed by atoms with Gasteiger partial charge in [-0.15, -0.1) is 11.8 Å². The number of ether oxygens (including phenoxy) is 1. The number of aromatic nitrogens is 1. The van der Waals surface area contributed by atoms with Crippen LogP contribution in [0.1, 0.15) is 17.2 Å². The molecule has 0 bridgehead atoms. The minimum atomic E-state index is -3.20. The first-order valence-corrected chi connectivity index (χ1v) is 8.06. The summed E-state index contributed by atoms with van der Waals surface area (Å²) in [6.07, 6.45) is 2.31. The number of pyridine rings is 1. The molecule has 3 nitrogen and oxygen atoms in total. The van der Waals surface area contributed by atoms with Gasteiger partial charge in [-0.05, 0) is 18.4 Å². The minimum absolute atomic E-state index is 0.241. The van der Waals surface area contributed by atoms with Crippen molar-refractivity contribution >= 4 is 23.4 Å². The zero-order valence-corrected chi connectivity index (χ0v) is 13.1. The van der Waals surface area contributed by atoms with Gasteiger partial charge in [-0.1, -0.05) is 11.6 Å². The van der Waals surface area contributed by atoms with E-state index in [1.54, 1.807) is 24.5 Å². The third-order valence-electron chi connectivity index (χ3n) is 3.49. The van der Waals surface area contributed by atoms with Crippen LogP contribution in [0.25, 0.3) is 0 Å². The number of thioether (sulfide) groups is 1. The molecule has 0 fully saturated rings. The number of rotatable bonds is 3. The van der Waals surface area contributed by atoms with E-state index in [2.05, 4.69) is 4.98 Å². The average Bonchev–Trinajstić information content (AvgIpc) is 2.71. The molecule has 116 valence electrons. The second kappa shape index (κ2) is 5.68. The Bertz CT molecular complexity index is 727. The topological polar surface area (TPSA) is 42.4 Å². The maximum absolute atomic E-state index is 13.9. The molecule has 0 saturated heterocycles. The van der Waals surface area contributed by atoms with Crippen LogP contribution < -0.4 is 4.74 Å². The first kappa shape index (κ1) is 15.5. The molecule has 0 aliphatic heterocycles. The van der Waals surface area contributed by atoms with Crippen molar-refractivity contribution in [3.8, 4) is 11.5 Å². The highest BCUT2D eigenvalue weighted by Crippen LogP contribution is 2.50. The van der Waals surface area contributed by atoms with Crippen LogP contribution in [0.4, 0.5) is 8.78 Å². The Morgan fingerprint density at radius 2 is 2.18 bits per heavy atom. The van der Waals surface area contributed by atoms with Crippen molar-refractivity contribution in [1.82, 2.24) is 4.98 Å². The van der Waals surface area contributed by atoms with Crippen molar-refractivity contribution in [2.75, 3.05) is 6.26 Å². The van der Waals surface area contributed by atoms with Crippen LogP contribution in [-0.4, -0.2) is 22.3 Å². The molecule has 1 aromatic carbocycles. The van der Waals surface area contributed by atoms with Gasteiger partial charge in [-0.25, -0.2) is 8.78 Å². The highest BCUT2D eigenvalue weighted by atomic mass is 35.5. The van der Waals surface area contributed by atoms with Crippen LogP contribution in [-0.2, 0) is 6.42 Å². The first-order valence-electron chi connectivity index (χ1n) is 6.46. The van der Waals surface area contributed by atoms with E-state index in [0.717, 1.165) is 0 Å². The number of fused-ring (bicyclic) bond motifs is 1. The van der Waals surface area contributed by atoms with Gasteiger partial charge in [0.15, 0.2) is 0 Å². The standard InChI is InChI=1S/C15H12ClF2NO2S/c1-22-12-3-2-11(21-9-4-8(16)6-19-7-9)10-5-15(17,18)14(20)13(10)12/h2-4,6-7,14,20H,5H2,1H3. The summed E-state index contributed by atoms with van der Waals surface area (Å²) in [4.78, 5) is 4.51. The molecule has 0 saturated carbocycles. The molecule has 1 atom stereocenters. The lowest BCUT2D eigenvalue weighted by Crippen LogP contribution is -2.21. The number of alkyl halides is 2. The fourth-order valence-corrected chi connectivity index (χ4v) is 3.32. The Morgan fingerprint density at radius 1 is 1.41 bits per heavy atom. The van der Waals surface area contributed by atoms with Gasteiger partial charge in [0, 0.05) is 34.7 Å². The third-order valence-corrected chi connectivity index (χ3v) is 4.49. The fraction of sp³-hybridized carbons (Fsp3) is 0.267. The molecule has 22 heavy (non-hydrogen) atoms. The van der Waals surface area contributed by atoms with Gasteiger partial charge in [0.1, 0.15) is 17.6 Å². The van der Waals surface area contributed by atoms with Crippen molar-refractivity contribution < 1.29 is 18.6 Å². The van der Waals surface area contributed by atoms with E-state index in [9.17, 15) is 13.9 Å². The number of halogens is 3. The van der Waals surface area contributed by atoms with E-state index in [0.29, 0.717) is 21.2 Å². The molecule has 2 aromatic rings. The van der Waals surface area contributed by atoms with Gasteiger partial charge >= 0.3 is 0 Å². The summed E-state index contributed by atoms with van der Waals surface area (Å²) in [5.41, 5.74) is 0.564. The molecule has 1 heterocycles. The van der Waals surface area contributed by atoms with Crippen LogP contribution in [0.2, 0.25) is 5.02 Å². The summed E-state index contributed by atoms with van der Waals surface area (Å²) in [6.45, 7) is 0. The number of hydrogen-bond acceptors (Lipinski definition) is 4. The quantitative estimate of drug-likeness (QED) is 0.835. The Hall–Kier alpha value is -1.37. The molecular formula is C15H12ClF2NO2S. The summed E-state index contributed by atoms with van der Waals surface area (Å²) in [7, 11) is 0. The van der Waals surface area contributed by atoms with Crippen molar-refractivity contribution in [2.24, 2.45) is 0 Å². The van der Waals surface area contributed by atoms with E-state index >= 15 is 0 Å². The van der Waals surface area contributed by atoms with Crippen molar-refractivity contribution in [1.29, 1.82) is 0 Å². The second-order valence-electron chi connectivity index (χ2n) is 4.94. The molecule has 1 aliphatic rings. The van der Waals surface area contributed by atoms with Crippen molar-refractivity contribution in [2.45, 2.75) is 23.3 Å². The number of hydrogen-bond donors (Lipinski definition) is 1. The Labute approximate surface area is 135 Å². The van der Waals surface area contributed by atoms with E-state index in [1.165, 1.54) is 24.2 Å². The van der Waals surface area contributed by atoms with E-state index < -0.39 is 18.4 Å². The lowest BCUT2D eigenvalue weighted by atomic mass is 10.1. The predicted molar refractivity (Wildman–Crippen MR) is 81.2 cm³/mol. The SMILES string of the molecule is CSc1ccc(Oc2cncc(Cl)c2)c2c1C(O)C(F)(F)C2. The average molecular weight is 344 g/mol. The van der Waals surface area contributed by atoms with Crippen LogP contribution in [0, 0.1) is 0 Å². The van der Waals surface area contributed by atoms with Gasteiger partial charge in [0.2, 0.25) is 0 Å². The first-order chi connectivity index (χ1) is 10.4. The molecular weight excluding hydrogens is 332 g/mol. The van der Waals surface area contributed by atoms with Gasteiger partial charge in [0.05, 0.1) is 11.2 Å². The zero-order valence-electron chi connectivity index (χ0n) is 11.5.